The lowest BCUT2D eigenvalue weighted by Gasteiger charge is -2.43. The van der Waals surface area contributed by atoms with Crippen molar-refractivity contribution in [2.45, 2.75) is 24.3 Å². The average molecular weight is 525 g/mol. The van der Waals surface area contributed by atoms with E-state index in [1.165, 1.54) is 0 Å². The Bertz CT molecular complexity index is 1700. The van der Waals surface area contributed by atoms with Crippen molar-refractivity contribution < 1.29 is 9.53 Å². The third-order valence-corrected chi connectivity index (χ3v) is 8.11. The van der Waals surface area contributed by atoms with Gasteiger partial charge in [-0.2, -0.15) is 10.2 Å². The van der Waals surface area contributed by atoms with Crippen LogP contribution in [0.25, 0.3) is 5.69 Å². The molecule has 1 aliphatic carbocycles. The number of nitrogens with zero attached hydrogens (tertiary/aromatic N) is 4. The van der Waals surface area contributed by atoms with E-state index in [-0.39, 0.29) is 11.7 Å². The van der Waals surface area contributed by atoms with E-state index in [2.05, 4.69) is 24.3 Å². The number of benzene rings is 4. The van der Waals surface area contributed by atoms with Gasteiger partial charge in [0.05, 0.1) is 47.6 Å². The van der Waals surface area contributed by atoms with Crippen LogP contribution in [0.5, 0.6) is 5.75 Å². The Morgan fingerprint density at radius 1 is 0.800 bits per heavy atom. The monoisotopic (exact) mass is 524 g/mol. The molecule has 6 nitrogen and oxygen atoms in total. The van der Waals surface area contributed by atoms with Crippen molar-refractivity contribution in [1.82, 2.24) is 9.78 Å². The number of aromatic nitrogens is 2. The van der Waals surface area contributed by atoms with Gasteiger partial charge in [0.1, 0.15) is 11.3 Å². The van der Waals surface area contributed by atoms with Gasteiger partial charge in [-0.05, 0) is 60.4 Å². The van der Waals surface area contributed by atoms with Crippen LogP contribution in [-0.4, -0.2) is 33.9 Å². The highest BCUT2D eigenvalue weighted by Gasteiger charge is 2.59. The van der Waals surface area contributed by atoms with Crippen LogP contribution in [0, 0.1) is 0 Å². The van der Waals surface area contributed by atoms with Crippen molar-refractivity contribution in [2.75, 3.05) is 12.1 Å². The number of hydrogen-bond donors (Lipinski definition) is 0. The SMILES string of the molecule is COc1ccc(C2C(c3ccccc3)=NN(c3ccccc3)C23CCc2c(cnn2-c2ccccc2)C3=O)cc1. The van der Waals surface area contributed by atoms with E-state index in [0.29, 0.717) is 18.4 Å². The molecule has 1 spiro atoms. The highest BCUT2D eigenvalue weighted by molar-refractivity contribution is 6.18. The topological polar surface area (TPSA) is 59.7 Å². The van der Waals surface area contributed by atoms with E-state index in [1.54, 1.807) is 13.3 Å². The zero-order valence-corrected chi connectivity index (χ0v) is 22.1. The zero-order chi connectivity index (χ0) is 27.1. The summed E-state index contributed by atoms with van der Waals surface area (Å²) in [6.45, 7) is 0. The van der Waals surface area contributed by atoms with E-state index in [1.807, 2.05) is 101 Å². The summed E-state index contributed by atoms with van der Waals surface area (Å²) in [5, 5.41) is 11.9. The molecule has 0 saturated carbocycles. The fraction of sp³-hybridized carbons (Fsp3) is 0.147. The fourth-order valence-corrected chi connectivity index (χ4v) is 6.25. The molecule has 2 aliphatic rings. The first-order chi connectivity index (χ1) is 19.7. The van der Waals surface area contributed by atoms with Crippen molar-refractivity contribution in [1.29, 1.82) is 0 Å². The first kappa shape index (κ1) is 24.1. The van der Waals surface area contributed by atoms with Gasteiger partial charge >= 0.3 is 0 Å². The van der Waals surface area contributed by atoms with Crippen LogP contribution in [0.15, 0.2) is 127 Å². The lowest BCUT2D eigenvalue weighted by atomic mass is 9.66. The fourth-order valence-electron chi connectivity index (χ4n) is 6.25. The Hall–Kier alpha value is -4.97. The molecule has 7 rings (SSSR count). The molecule has 0 radical (unpaired) electrons. The molecule has 0 N–H and O–H groups in total. The molecule has 40 heavy (non-hydrogen) atoms. The predicted molar refractivity (Wildman–Crippen MR) is 157 cm³/mol. The molecular formula is C34H28N4O2. The summed E-state index contributed by atoms with van der Waals surface area (Å²) in [6.07, 6.45) is 3.01. The third kappa shape index (κ3) is 3.67. The van der Waals surface area contributed by atoms with Crippen molar-refractivity contribution in [2.24, 2.45) is 5.10 Å². The van der Waals surface area contributed by atoms with E-state index < -0.39 is 5.54 Å². The first-order valence-corrected chi connectivity index (χ1v) is 13.5. The summed E-state index contributed by atoms with van der Waals surface area (Å²) in [5.41, 5.74) is 5.37. The molecule has 6 heteroatoms. The lowest BCUT2D eigenvalue weighted by molar-refractivity contribution is 0.0855. The molecule has 196 valence electrons. The van der Waals surface area contributed by atoms with Gasteiger partial charge in [0.15, 0.2) is 5.78 Å². The standard InChI is InChI=1S/C34H28N4O2/c1-40-28-19-17-24(18-20-28)31-32(25-11-5-2-6-12-25)36-38(27-15-9-4-10-16-27)34(31)22-21-30-29(33(34)39)23-35-37(30)26-13-7-3-8-14-26/h2-20,23,31H,21-22H2,1H3. The van der Waals surface area contributed by atoms with E-state index in [4.69, 9.17) is 14.9 Å². The summed E-state index contributed by atoms with van der Waals surface area (Å²) in [4.78, 5) is 15.0. The summed E-state index contributed by atoms with van der Waals surface area (Å²) in [6, 6.07) is 38.3. The number of ketones is 1. The molecule has 2 unspecified atom stereocenters. The minimum absolute atomic E-state index is 0.0373. The molecule has 2 heterocycles. The van der Waals surface area contributed by atoms with Crippen LogP contribution in [0.1, 0.15) is 39.5 Å². The normalized spacial score (nSPS) is 19.9. The highest BCUT2D eigenvalue weighted by atomic mass is 16.5. The molecule has 0 fully saturated rings. The summed E-state index contributed by atoms with van der Waals surface area (Å²) in [7, 11) is 1.66. The van der Waals surface area contributed by atoms with Gasteiger partial charge in [0, 0.05) is 0 Å². The number of rotatable bonds is 5. The number of hydrazone groups is 1. The van der Waals surface area contributed by atoms with Crippen LogP contribution >= 0.6 is 0 Å². The number of Topliss-reactive ketones (excluding diaryl/α,β-unsaturated/α-hetero) is 1. The van der Waals surface area contributed by atoms with Gasteiger partial charge < -0.3 is 4.74 Å². The Morgan fingerprint density at radius 3 is 2.08 bits per heavy atom. The van der Waals surface area contributed by atoms with Crippen molar-refractivity contribution in [3.63, 3.8) is 0 Å². The van der Waals surface area contributed by atoms with Crippen LogP contribution in [-0.2, 0) is 6.42 Å². The third-order valence-electron chi connectivity index (χ3n) is 8.11. The molecule has 0 saturated heterocycles. The molecule has 1 aliphatic heterocycles. The van der Waals surface area contributed by atoms with Gasteiger partial charge in [-0.3, -0.25) is 9.80 Å². The molecule has 1 aromatic heterocycles. The molecule has 5 aromatic rings. The summed E-state index contributed by atoms with van der Waals surface area (Å²) >= 11 is 0. The number of carbonyl (C=O) groups is 1. The average Bonchev–Trinajstić information content (AvgIpc) is 3.61. The molecule has 2 atom stereocenters. The van der Waals surface area contributed by atoms with E-state index >= 15 is 0 Å². The Morgan fingerprint density at radius 2 is 1.43 bits per heavy atom. The number of hydrogen-bond acceptors (Lipinski definition) is 5. The number of methoxy groups -OCH3 is 1. The van der Waals surface area contributed by atoms with Crippen LogP contribution < -0.4 is 9.75 Å². The van der Waals surface area contributed by atoms with Crippen molar-refractivity contribution >= 4 is 17.2 Å². The van der Waals surface area contributed by atoms with Crippen LogP contribution in [0.3, 0.4) is 0 Å². The van der Waals surface area contributed by atoms with Gasteiger partial charge in [-0.1, -0.05) is 78.9 Å². The molecule has 0 amide bonds. The largest absolute Gasteiger partial charge is 0.497 e. The maximum Gasteiger partial charge on any atom is 0.194 e. The Labute approximate surface area is 233 Å². The maximum atomic E-state index is 15.0. The van der Waals surface area contributed by atoms with Gasteiger partial charge in [0.25, 0.3) is 0 Å². The minimum atomic E-state index is -0.960. The second-order valence-electron chi connectivity index (χ2n) is 10.2. The maximum absolute atomic E-state index is 15.0. The lowest BCUT2D eigenvalue weighted by Crippen LogP contribution is -2.56. The van der Waals surface area contributed by atoms with Crippen molar-refractivity contribution in [3.05, 3.63) is 144 Å². The van der Waals surface area contributed by atoms with Gasteiger partial charge in [-0.15, -0.1) is 0 Å². The Kier molecular flexibility index (Phi) is 5.81. The second-order valence-corrected chi connectivity index (χ2v) is 10.2. The predicted octanol–water partition coefficient (Wildman–Crippen LogP) is 6.46. The van der Waals surface area contributed by atoms with E-state index in [0.717, 1.165) is 39.7 Å². The van der Waals surface area contributed by atoms with Crippen LogP contribution in [0.2, 0.25) is 0 Å². The number of ether oxygens (including phenoxy) is 1. The zero-order valence-electron chi connectivity index (χ0n) is 22.1. The minimum Gasteiger partial charge on any atom is -0.497 e. The molecule has 0 bridgehead atoms. The summed E-state index contributed by atoms with van der Waals surface area (Å²) in [5.74, 6) is 0.507. The smallest absolute Gasteiger partial charge is 0.194 e. The molecule has 4 aromatic carbocycles. The Balaban J connectivity index is 1.45. The number of fused-ring (bicyclic) bond motifs is 1. The highest BCUT2D eigenvalue weighted by Crippen LogP contribution is 2.51. The van der Waals surface area contributed by atoms with Gasteiger partial charge in [0.2, 0.25) is 0 Å². The quantitative estimate of drug-likeness (QED) is 0.265. The number of anilines is 1. The van der Waals surface area contributed by atoms with E-state index in [9.17, 15) is 4.79 Å². The second kappa shape index (κ2) is 9.65. The van der Waals surface area contributed by atoms with Gasteiger partial charge in [-0.25, -0.2) is 4.68 Å². The number of carbonyl (C=O) groups excluding carboxylic acids is 1. The van der Waals surface area contributed by atoms with Crippen molar-refractivity contribution in [3.8, 4) is 11.4 Å². The first-order valence-electron chi connectivity index (χ1n) is 13.5. The molecular weight excluding hydrogens is 496 g/mol. The van der Waals surface area contributed by atoms with Crippen LogP contribution in [0.4, 0.5) is 5.69 Å². The number of para-hydroxylation sites is 2. The summed E-state index contributed by atoms with van der Waals surface area (Å²) < 4.78 is 7.37.